The van der Waals surface area contributed by atoms with E-state index in [1.807, 2.05) is 18.2 Å². The van der Waals surface area contributed by atoms with Gasteiger partial charge in [-0.1, -0.05) is 11.6 Å². The minimum absolute atomic E-state index is 0.285. The van der Waals surface area contributed by atoms with Gasteiger partial charge in [0.25, 0.3) is 0 Å². The van der Waals surface area contributed by atoms with Gasteiger partial charge in [-0.3, -0.25) is 0 Å². The van der Waals surface area contributed by atoms with Crippen LogP contribution in [-0.4, -0.2) is 9.55 Å². The predicted octanol–water partition coefficient (Wildman–Crippen LogP) is 4.89. The van der Waals surface area contributed by atoms with Crippen molar-refractivity contribution >= 4 is 39.0 Å². The molecule has 0 aliphatic carbocycles. The van der Waals surface area contributed by atoms with E-state index in [9.17, 15) is 0 Å². The van der Waals surface area contributed by atoms with Crippen molar-refractivity contribution in [2.24, 2.45) is 0 Å². The van der Waals surface area contributed by atoms with E-state index in [0.29, 0.717) is 0 Å². The van der Waals surface area contributed by atoms with Crippen LogP contribution in [0.25, 0.3) is 22.4 Å². The Labute approximate surface area is 127 Å². The Bertz CT molecular complexity index is 786. The van der Waals surface area contributed by atoms with E-state index >= 15 is 0 Å². The molecule has 104 valence electrons. The van der Waals surface area contributed by atoms with E-state index in [1.54, 1.807) is 11.3 Å². The fourth-order valence-corrected chi connectivity index (χ4v) is 3.44. The summed E-state index contributed by atoms with van der Waals surface area (Å²) in [6, 6.07) is 8.17. The van der Waals surface area contributed by atoms with Crippen molar-refractivity contribution in [2.75, 3.05) is 5.73 Å². The first-order valence-electron chi connectivity index (χ1n) is 6.51. The molecule has 20 heavy (non-hydrogen) atoms. The Kier molecular flexibility index (Phi) is 3.22. The lowest BCUT2D eigenvalue weighted by atomic mass is 10.2. The van der Waals surface area contributed by atoms with Gasteiger partial charge in [0.15, 0.2) is 0 Å². The first-order chi connectivity index (χ1) is 9.47. The molecule has 0 radical (unpaired) electrons. The van der Waals surface area contributed by atoms with E-state index in [1.165, 1.54) is 4.88 Å². The smallest absolute Gasteiger partial charge is 0.144 e. The molecule has 0 bridgehead atoms. The molecule has 2 heterocycles. The maximum absolute atomic E-state index is 6.13. The van der Waals surface area contributed by atoms with E-state index < -0.39 is 0 Å². The number of benzene rings is 1. The molecule has 3 nitrogen and oxygen atoms in total. The van der Waals surface area contributed by atoms with Crippen LogP contribution in [0.5, 0.6) is 0 Å². The maximum Gasteiger partial charge on any atom is 0.144 e. The number of thiophene rings is 1. The number of nitrogens with zero attached hydrogens (tertiary/aromatic N) is 2. The van der Waals surface area contributed by atoms with Crippen LogP contribution < -0.4 is 5.73 Å². The van der Waals surface area contributed by atoms with Crippen LogP contribution in [0.1, 0.15) is 24.8 Å². The van der Waals surface area contributed by atoms with Crippen LogP contribution in [0.15, 0.2) is 24.3 Å². The summed E-state index contributed by atoms with van der Waals surface area (Å²) in [4.78, 5) is 5.94. The highest BCUT2D eigenvalue weighted by molar-refractivity contribution is 7.16. The zero-order valence-electron chi connectivity index (χ0n) is 11.6. The largest absolute Gasteiger partial charge is 0.390 e. The Morgan fingerprint density at radius 1 is 1.30 bits per heavy atom. The van der Waals surface area contributed by atoms with E-state index in [-0.39, 0.29) is 6.04 Å². The number of hydrogen-bond donors (Lipinski definition) is 1. The van der Waals surface area contributed by atoms with Crippen molar-refractivity contribution in [1.29, 1.82) is 0 Å². The third-order valence-corrected chi connectivity index (χ3v) is 4.41. The first-order valence-corrected chi connectivity index (χ1v) is 7.70. The van der Waals surface area contributed by atoms with Crippen molar-refractivity contribution < 1.29 is 0 Å². The summed E-state index contributed by atoms with van der Waals surface area (Å²) in [6.45, 7) is 6.34. The Balaban J connectivity index is 2.35. The standard InChI is InChI=1S/C15H16ClN3S/c1-8(2)19-13-7-10(16)4-5-12(13)18-15(19)11-6-9(3)20-14(11)17/h4-8H,17H2,1-3H3. The number of anilines is 1. The molecule has 0 atom stereocenters. The Morgan fingerprint density at radius 2 is 2.05 bits per heavy atom. The number of imidazole rings is 1. The first kappa shape index (κ1) is 13.5. The number of halogens is 1. The number of hydrogen-bond acceptors (Lipinski definition) is 3. The van der Waals surface area contributed by atoms with Gasteiger partial charge in [-0.15, -0.1) is 11.3 Å². The number of aryl methyl sites for hydroxylation is 1. The highest BCUT2D eigenvalue weighted by Crippen LogP contribution is 2.36. The second kappa shape index (κ2) is 4.79. The summed E-state index contributed by atoms with van der Waals surface area (Å²) in [5.74, 6) is 0.916. The van der Waals surface area contributed by atoms with Crippen molar-refractivity contribution in [2.45, 2.75) is 26.8 Å². The molecule has 0 fully saturated rings. The lowest BCUT2D eigenvalue weighted by molar-refractivity contribution is 0.624. The van der Waals surface area contributed by atoms with Gasteiger partial charge in [0.2, 0.25) is 0 Å². The van der Waals surface area contributed by atoms with Crippen molar-refractivity contribution in [3.05, 3.63) is 34.2 Å². The molecular weight excluding hydrogens is 290 g/mol. The van der Waals surface area contributed by atoms with Crippen LogP contribution >= 0.6 is 22.9 Å². The lowest BCUT2D eigenvalue weighted by Gasteiger charge is -2.12. The summed E-state index contributed by atoms with van der Waals surface area (Å²) in [5.41, 5.74) is 9.13. The molecule has 0 aliphatic rings. The van der Waals surface area contributed by atoms with Crippen LogP contribution in [0, 0.1) is 6.92 Å². The third kappa shape index (κ3) is 2.09. The number of nitrogens with two attached hydrogens (primary N) is 1. The summed E-state index contributed by atoms with van der Waals surface area (Å²) in [6.07, 6.45) is 0. The zero-order valence-corrected chi connectivity index (χ0v) is 13.2. The summed E-state index contributed by atoms with van der Waals surface area (Å²) in [7, 11) is 0. The minimum Gasteiger partial charge on any atom is -0.390 e. The highest BCUT2D eigenvalue weighted by Gasteiger charge is 2.18. The van der Waals surface area contributed by atoms with Gasteiger partial charge in [0.1, 0.15) is 5.82 Å². The number of fused-ring (bicyclic) bond motifs is 1. The van der Waals surface area contributed by atoms with Crippen LogP contribution in [0.4, 0.5) is 5.00 Å². The maximum atomic E-state index is 6.13. The van der Waals surface area contributed by atoms with Gasteiger partial charge in [0.05, 0.1) is 21.6 Å². The number of nitrogen functional groups attached to an aromatic ring is 1. The number of aromatic nitrogens is 2. The van der Waals surface area contributed by atoms with Gasteiger partial charge in [0, 0.05) is 15.9 Å². The molecule has 3 aromatic rings. The Hall–Kier alpha value is -1.52. The van der Waals surface area contributed by atoms with E-state index in [0.717, 1.165) is 32.4 Å². The fourth-order valence-electron chi connectivity index (χ4n) is 2.49. The van der Waals surface area contributed by atoms with Crippen LogP contribution in [0.3, 0.4) is 0 Å². The van der Waals surface area contributed by atoms with Crippen molar-refractivity contribution in [3.8, 4) is 11.4 Å². The molecule has 0 spiro atoms. The summed E-state index contributed by atoms with van der Waals surface area (Å²) in [5, 5.41) is 1.53. The van der Waals surface area contributed by atoms with Gasteiger partial charge in [-0.2, -0.15) is 0 Å². The van der Waals surface area contributed by atoms with Gasteiger partial charge >= 0.3 is 0 Å². The van der Waals surface area contributed by atoms with E-state index in [4.69, 9.17) is 22.3 Å². The summed E-state index contributed by atoms with van der Waals surface area (Å²) >= 11 is 7.72. The molecule has 0 aliphatic heterocycles. The normalized spacial score (nSPS) is 11.7. The highest BCUT2D eigenvalue weighted by atomic mass is 35.5. The molecule has 1 aromatic carbocycles. The van der Waals surface area contributed by atoms with Crippen LogP contribution in [-0.2, 0) is 0 Å². The van der Waals surface area contributed by atoms with Gasteiger partial charge in [-0.05, 0) is 45.0 Å². The topological polar surface area (TPSA) is 43.8 Å². The molecule has 0 unspecified atom stereocenters. The molecule has 0 saturated heterocycles. The zero-order chi connectivity index (χ0) is 14.4. The minimum atomic E-state index is 0.285. The monoisotopic (exact) mass is 305 g/mol. The van der Waals surface area contributed by atoms with Crippen LogP contribution in [0.2, 0.25) is 5.02 Å². The predicted molar refractivity (Wildman–Crippen MR) is 87.6 cm³/mol. The second-order valence-corrected chi connectivity index (χ2v) is 6.89. The van der Waals surface area contributed by atoms with Gasteiger partial charge < -0.3 is 10.3 Å². The third-order valence-electron chi connectivity index (χ3n) is 3.29. The SMILES string of the molecule is Cc1cc(-c2nc3ccc(Cl)cc3n2C(C)C)c(N)s1. The average molecular weight is 306 g/mol. The average Bonchev–Trinajstić information content (AvgIpc) is 2.88. The molecule has 0 amide bonds. The van der Waals surface area contributed by atoms with E-state index in [2.05, 4.69) is 31.4 Å². The molecule has 2 aromatic heterocycles. The Morgan fingerprint density at radius 3 is 2.65 bits per heavy atom. The summed E-state index contributed by atoms with van der Waals surface area (Å²) < 4.78 is 2.19. The molecule has 3 rings (SSSR count). The second-order valence-electron chi connectivity index (χ2n) is 5.17. The molecular formula is C15H16ClN3S. The number of rotatable bonds is 2. The lowest BCUT2D eigenvalue weighted by Crippen LogP contribution is -2.03. The quantitative estimate of drug-likeness (QED) is 0.732. The van der Waals surface area contributed by atoms with Gasteiger partial charge in [-0.25, -0.2) is 4.98 Å². The van der Waals surface area contributed by atoms with Crippen molar-refractivity contribution in [3.63, 3.8) is 0 Å². The van der Waals surface area contributed by atoms with Crippen molar-refractivity contribution in [1.82, 2.24) is 9.55 Å². The molecule has 0 saturated carbocycles. The molecule has 2 N–H and O–H groups in total. The molecule has 5 heteroatoms. The fraction of sp³-hybridized carbons (Fsp3) is 0.267.